The van der Waals surface area contributed by atoms with Gasteiger partial charge in [0, 0.05) is 13.5 Å². The van der Waals surface area contributed by atoms with Gasteiger partial charge in [-0.2, -0.15) is 0 Å². The number of aliphatic hydroxyl groups excluding tert-OH is 1. The van der Waals surface area contributed by atoms with E-state index in [0.717, 1.165) is 5.56 Å². The molecule has 0 aliphatic heterocycles. The number of esters is 1. The highest BCUT2D eigenvalue weighted by atomic mass is 16.6. The Labute approximate surface area is 106 Å². The number of hydrogen-bond donors (Lipinski definition) is 1. The molecular formula is C13H18O5. The number of hydrogen-bond acceptors (Lipinski definition) is 5. The summed E-state index contributed by atoms with van der Waals surface area (Å²) >= 11 is 0. The van der Waals surface area contributed by atoms with E-state index in [0.29, 0.717) is 12.2 Å². The molecule has 1 N–H and O–H groups in total. The van der Waals surface area contributed by atoms with Crippen LogP contribution in [0.4, 0.5) is 0 Å². The molecule has 1 aromatic carbocycles. The SMILES string of the molecule is COC(=O)[C@H](Cc1ccc(OCCO)cc1)OC. The predicted octanol–water partition coefficient (Wildman–Crippen LogP) is 0.788. The molecule has 5 heteroatoms. The van der Waals surface area contributed by atoms with Crippen LogP contribution in [0.3, 0.4) is 0 Å². The second-order valence-corrected chi connectivity index (χ2v) is 3.67. The molecule has 0 unspecified atom stereocenters. The van der Waals surface area contributed by atoms with Gasteiger partial charge in [-0.05, 0) is 17.7 Å². The molecule has 100 valence electrons. The van der Waals surface area contributed by atoms with Crippen molar-refractivity contribution in [2.75, 3.05) is 27.4 Å². The number of carbonyl (C=O) groups excluding carboxylic acids is 1. The zero-order chi connectivity index (χ0) is 13.4. The molecular weight excluding hydrogens is 236 g/mol. The molecule has 0 aliphatic rings. The molecule has 0 bridgehead atoms. The van der Waals surface area contributed by atoms with Crippen molar-refractivity contribution in [2.24, 2.45) is 0 Å². The van der Waals surface area contributed by atoms with Crippen molar-refractivity contribution in [3.63, 3.8) is 0 Å². The molecule has 0 heterocycles. The average molecular weight is 254 g/mol. The zero-order valence-corrected chi connectivity index (χ0v) is 10.6. The van der Waals surface area contributed by atoms with Gasteiger partial charge in [0.05, 0.1) is 13.7 Å². The smallest absolute Gasteiger partial charge is 0.335 e. The van der Waals surface area contributed by atoms with E-state index in [1.807, 2.05) is 12.1 Å². The van der Waals surface area contributed by atoms with Gasteiger partial charge in [0.1, 0.15) is 12.4 Å². The Hall–Kier alpha value is -1.59. The summed E-state index contributed by atoms with van der Waals surface area (Å²) in [6.07, 6.45) is -0.150. The molecule has 0 radical (unpaired) electrons. The maximum absolute atomic E-state index is 11.4. The normalized spacial score (nSPS) is 11.9. The molecule has 0 saturated carbocycles. The number of ether oxygens (including phenoxy) is 3. The Morgan fingerprint density at radius 1 is 1.28 bits per heavy atom. The maximum Gasteiger partial charge on any atom is 0.335 e. The Morgan fingerprint density at radius 2 is 1.94 bits per heavy atom. The molecule has 0 amide bonds. The van der Waals surface area contributed by atoms with Crippen molar-refractivity contribution >= 4 is 5.97 Å². The van der Waals surface area contributed by atoms with E-state index in [-0.39, 0.29) is 13.2 Å². The van der Waals surface area contributed by atoms with E-state index in [4.69, 9.17) is 14.6 Å². The molecule has 1 atom stereocenters. The van der Waals surface area contributed by atoms with Crippen LogP contribution in [0.25, 0.3) is 0 Å². The van der Waals surface area contributed by atoms with Crippen LogP contribution in [0.1, 0.15) is 5.56 Å². The fourth-order valence-corrected chi connectivity index (χ4v) is 1.49. The van der Waals surface area contributed by atoms with Crippen LogP contribution in [0.15, 0.2) is 24.3 Å². The largest absolute Gasteiger partial charge is 0.491 e. The van der Waals surface area contributed by atoms with Crippen LogP contribution >= 0.6 is 0 Å². The third-order valence-corrected chi connectivity index (χ3v) is 2.45. The van der Waals surface area contributed by atoms with Crippen molar-refractivity contribution in [1.29, 1.82) is 0 Å². The van der Waals surface area contributed by atoms with Gasteiger partial charge in [0.25, 0.3) is 0 Å². The number of carbonyl (C=O) groups is 1. The summed E-state index contributed by atoms with van der Waals surface area (Å²) in [6.45, 7) is 0.248. The molecule has 1 rings (SSSR count). The molecule has 0 saturated heterocycles. The molecule has 0 fully saturated rings. The van der Waals surface area contributed by atoms with Crippen LogP contribution in [-0.4, -0.2) is 44.6 Å². The van der Waals surface area contributed by atoms with Crippen molar-refractivity contribution in [3.05, 3.63) is 29.8 Å². The summed E-state index contributed by atoms with van der Waals surface area (Å²) in [7, 11) is 2.81. The minimum absolute atomic E-state index is 0.0180. The highest BCUT2D eigenvalue weighted by Crippen LogP contribution is 2.14. The predicted molar refractivity (Wildman–Crippen MR) is 65.5 cm³/mol. The van der Waals surface area contributed by atoms with Crippen LogP contribution in [0, 0.1) is 0 Å². The van der Waals surface area contributed by atoms with Gasteiger partial charge in [0.2, 0.25) is 0 Å². The lowest BCUT2D eigenvalue weighted by Crippen LogP contribution is -2.26. The second kappa shape index (κ2) is 7.68. The highest BCUT2D eigenvalue weighted by molar-refractivity contribution is 5.74. The quantitative estimate of drug-likeness (QED) is 0.729. The minimum Gasteiger partial charge on any atom is -0.491 e. The van der Waals surface area contributed by atoms with Gasteiger partial charge >= 0.3 is 5.97 Å². The van der Waals surface area contributed by atoms with E-state index < -0.39 is 12.1 Å². The molecule has 18 heavy (non-hydrogen) atoms. The van der Waals surface area contributed by atoms with E-state index >= 15 is 0 Å². The zero-order valence-electron chi connectivity index (χ0n) is 10.6. The van der Waals surface area contributed by atoms with Crippen molar-refractivity contribution < 1.29 is 24.1 Å². The van der Waals surface area contributed by atoms with Crippen LogP contribution < -0.4 is 4.74 Å². The van der Waals surface area contributed by atoms with Crippen LogP contribution in [0.5, 0.6) is 5.75 Å². The first-order chi connectivity index (χ1) is 8.71. The Balaban J connectivity index is 2.59. The Bertz CT molecular complexity index is 360. The van der Waals surface area contributed by atoms with Gasteiger partial charge in [-0.3, -0.25) is 0 Å². The number of aliphatic hydroxyl groups is 1. The third kappa shape index (κ3) is 4.35. The summed E-state index contributed by atoms with van der Waals surface area (Å²) in [5, 5.41) is 8.63. The molecule has 5 nitrogen and oxygen atoms in total. The van der Waals surface area contributed by atoms with Crippen LogP contribution in [-0.2, 0) is 20.7 Å². The van der Waals surface area contributed by atoms with Crippen molar-refractivity contribution in [2.45, 2.75) is 12.5 Å². The summed E-state index contributed by atoms with van der Waals surface area (Å²) in [5.74, 6) is 0.290. The van der Waals surface area contributed by atoms with Crippen LogP contribution in [0.2, 0.25) is 0 Å². The Morgan fingerprint density at radius 3 is 2.44 bits per heavy atom. The first kappa shape index (κ1) is 14.5. The first-order valence-corrected chi connectivity index (χ1v) is 5.64. The lowest BCUT2D eigenvalue weighted by atomic mass is 10.1. The number of benzene rings is 1. The molecule has 0 spiro atoms. The van der Waals surface area contributed by atoms with Crippen molar-refractivity contribution in [1.82, 2.24) is 0 Å². The molecule has 1 aromatic rings. The van der Waals surface area contributed by atoms with Gasteiger partial charge in [0.15, 0.2) is 6.10 Å². The highest BCUT2D eigenvalue weighted by Gasteiger charge is 2.18. The van der Waals surface area contributed by atoms with Gasteiger partial charge in [-0.1, -0.05) is 12.1 Å². The summed E-state index contributed by atoms with van der Waals surface area (Å²) in [5.41, 5.74) is 0.948. The van der Waals surface area contributed by atoms with Gasteiger partial charge < -0.3 is 19.3 Å². The lowest BCUT2D eigenvalue weighted by Gasteiger charge is -2.13. The fraction of sp³-hybridized carbons (Fsp3) is 0.462. The number of methoxy groups -OCH3 is 2. The average Bonchev–Trinajstić information content (AvgIpc) is 2.43. The second-order valence-electron chi connectivity index (χ2n) is 3.67. The monoisotopic (exact) mass is 254 g/mol. The summed E-state index contributed by atoms with van der Waals surface area (Å²) in [6, 6.07) is 7.27. The van der Waals surface area contributed by atoms with Gasteiger partial charge in [-0.15, -0.1) is 0 Å². The van der Waals surface area contributed by atoms with E-state index in [1.165, 1.54) is 14.2 Å². The van der Waals surface area contributed by atoms with Gasteiger partial charge in [-0.25, -0.2) is 4.79 Å². The molecule has 0 aliphatic carbocycles. The fourth-order valence-electron chi connectivity index (χ4n) is 1.49. The van der Waals surface area contributed by atoms with E-state index in [2.05, 4.69) is 4.74 Å². The topological polar surface area (TPSA) is 65.0 Å². The Kier molecular flexibility index (Phi) is 6.18. The summed E-state index contributed by atoms with van der Waals surface area (Å²) in [4.78, 5) is 11.4. The molecule has 0 aromatic heterocycles. The summed E-state index contributed by atoms with van der Waals surface area (Å²) < 4.78 is 14.9. The van der Waals surface area contributed by atoms with Crippen molar-refractivity contribution in [3.8, 4) is 5.75 Å². The first-order valence-electron chi connectivity index (χ1n) is 5.64. The van der Waals surface area contributed by atoms with E-state index in [9.17, 15) is 4.79 Å². The van der Waals surface area contributed by atoms with E-state index in [1.54, 1.807) is 12.1 Å². The number of rotatable bonds is 7. The standard InChI is InChI=1S/C13H18O5/c1-16-12(13(15)17-2)9-10-3-5-11(6-4-10)18-8-7-14/h3-6,12,14H,7-9H2,1-2H3/t12-/m0/s1. The minimum atomic E-state index is -0.598. The third-order valence-electron chi connectivity index (χ3n) is 2.45. The lowest BCUT2D eigenvalue weighted by molar-refractivity contribution is -0.152. The maximum atomic E-state index is 11.4.